The van der Waals surface area contributed by atoms with Gasteiger partial charge >= 0.3 is 0 Å². The lowest BCUT2D eigenvalue weighted by atomic mass is 10.1. The summed E-state index contributed by atoms with van der Waals surface area (Å²) in [6.07, 6.45) is 0. The Morgan fingerprint density at radius 2 is 0.716 bits per heavy atom. The zero-order valence-corrected chi connectivity index (χ0v) is 35.5. The Kier molecular flexibility index (Phi) is 8.88. The number of hydrogen-bond donors (Lipinski definition) is 0. The van der Waals surface area contributed by atoms with Crippen LogP contribution in [0.2, 0.25) is 0 Å². The van der Waals surface area contributed by atoms with Crippen LogP contribution in [-0.4, -0.2) is 49.2 Å². The highest BCUT2D eigenvalue weighted by Crippen LogP contribution is 2.40. The van der Waals surface area contributed by atoms with Crippen molar-refractivity contribution in [3.8, 4) is 80.4 Å². The maximum absolute atomic E-state index is 6.72. The van der Waals surface area contributed by atoms with Crippen molar-refractivity contribution >= 4 is 43.6 Å². The highest BCUT2D eigenvalue weighted by atomic mass is 16.4. The van der Waals surface area contributed by atoms with Gasteiger partial charge in [-0.25, -0.2) is 9.97 Å². The Morgan fingerprint density at radius 3 is 1.25 bits per heavy atom. The molecule has 0 fully saturated rings. The predicted octanol–water partition coefficient (Wildman–Crippen LogP) is 12.6. The molecule has 11 heteroatoms. The highest BCUT2D eigenvalue weighted by Gasteiger charge is 2.24. The summed E-state index contributed by atoms with van der Waals surface area (Å²) in [6, 6.07) is 68.8. The van der Waals surface area contributed by atoms with E-state index in [0.717, 1.165) is 77.0 Å². The van der Waals surface area contributed by atoms with E-state index < -0.39 is 0 Å². The molecule has 13 aromatic rings. The normalized spacial score (nSPS) is 11.6. The van der Waals surface area contributed by atoms with E-state index in [0.29, 0.717) is 47.0 Å². The summed E-state index contributed by atoms with van der Waals surface area (Å²) in [5.41, 5.74) is 8.60. The third kappa shape index (κ3) is 6.52. The van der Waals surface area contributed by atoms with Crippen LogP contribution in [-0.2, 0) is 0 Å². The molecule has 0 bridgehead atoms. The van der Waals surface area contributed by atoms with Gasteiger partial charge in [0, 0.05) is 49.4 Å². The molecule has 67 heavy (non-hydrogen) atoms. The molecule has 0 N–H and O–H groups in total. The van der Waals surface area contributed by atoms with Gasteiger partial charge in [0.2, 0.25) is 23.7 Å². The first-order valence-electron chi connectivity index (χ1n) is 21.9. The maximum atomic E-state index is 6.72. The van der Waals surface area contributed by atoms with Gasteiger partial charge in [-0.3, -0.25) is 9.13 Å². The molecule has 5 aromatic heterocycles. The quantitative estimate of drug-likeness (QED) is 0.147. The van der Waals surface area contributed by atoms with E-state index in [1.54, 1.807) is 0 Å². The second-order valence-corrected chi connectivity index (χ2v) is 16.1. The van der Waals surface area contributed by atoms with Crippen LogP contribution >= 0.6 is 0 Å². The molecule has 13 rings (SSSR count). The van der Waals surface area contributed by atoms with Crippen molar-refractivity contribution in [2.45, 2.75) is 0 Å². The van der Waals surface area contributed by atoms with Crippen molar-refractivity contribution in [2.24, 2.45) is 0 Å². The smallest absolute Gasteiger partial charge is 0.250 e. The first kappa shape index (κ1) is 38.0. The molecule has 8 aromatic carbocycles. The molecule has 0 atom stereocenters. The molecule has 5 heterocycles. The van der Waals surface area contributed by atoms with Crippen LogP contribution in [0.3, 0.4) is 0 Å². The van der Waals surface area contributed by atoms with E-state index in [4.69, 9.17) is 39.4 Å². The van der Waals surface area contributed by atoms with Crippen LogP contribution in [0, 0.1) is 0 Å². The molecule has 0 amide bonds. The number of aromatic nitrogens is 10. The number of para-hydroxylation sites is 3. The third-order valence-electron chi connectivity index (χ3n) is 12.0. The minimum Gasteiger partial charge on any atom is -0.416 e. The lowest BCUT2D eigenvalue weighted by Crippen LogP contribution is -2.07. The molecule has 0 aliphatic rings. The zero-order chi connectivity index (χ0) is 44.3. The fraction of sp³-hybridized carbons (Fsp3) is 0. The number of hydrogen-bond acceptors (Lipinski definition) is 9. The molecular formula is C56H34N10O. The molecule has 11 nitrogen and oxygen atoms in total. The van der Waals surface area contributed by atoms with Gasteiger partial charge in [0.25, 0.3) is 0 Å². The molecule has 0 saturated carbocycles. The van der Waals surface area contributed by atoms with Gasteiger partial charge in [0.1, 0.15) is 0 Å². The molecule has 0 spiro atoms. The largest absolute Gasteiger partial charge is 0.416 e. The predicted molar refractivity (Wildman–Crippen MR) is 262 cm³/mol. The minimum absolute atomic E-state index is 0.350. The summed E-state index contributed by atoms with van der Waals surface area (Å²) in [5, 5.41) is 13.5. The Hall–Kier alpha value is -9.48. The van der Waals surface area contributed by atoms with Gasteiger partial charge in [-0.1, -0.05) is 176 Å². The highest BCUT2D eigenvalue weighted by molar-refractivity contribution is 6.13. The van der Waals surface area contributed by atoms with E-state index in [1.165, 1.54) is 0 Å². The number of nitrogens with zero attached hydrogens (tertiary/aromatic N) is 10. The summed E-state index contributed by atoms with van der Waals surface area (Å²) >= 11 is 0. The molecule has 0 unspecified atom stereocenters. The summed E-state index contributed by atoms with van der Waals surface area (Å²) in [6.45, 7) is 0. The SMILES string of the molecule is c1ccc(-c2nc(-c3ccccc3)nc(-n3c4ccccc4c4ccc(-c5nnc(-c6cccc7c8ccccc8n(-c8nc(-c9ccccc9)nc(-c9ccccc9)n8)c67)o5)cc43)n2)cc1. The van der Waals surface area contributed by atoms with E-state index >= 15 is 0 Å². The van der Waals surface area contributed by atoms with Crippen molar-refractivity contribution in [3.63, 3.8) is 0 Å². The van der Waals surface area contributed by atoms with Crippen molar-refractivity contribution in [2.75, 3.05) is 0 Å². The van der Waals surface area contributed by atoms with Crippen LogP contribution in [0.1, 0.15) is 0 Å². The molecular weight excluding hydrogens is 829 g/mol. The summed E-state index contributed by atoms with van der Waals surface area (Å²) in [5.74, 6) is 3.93. The minimum atomic E-state index is 0.350. The van der Waals surface area contributed by atoms with Crippen molar-refractivity contribution in [3.05, 3.63) is 206 Å². The van der Waals surface area contributed by atoms with E-state index in [9.17, 15) is 0 Å². The average Bonchev–Trinajstić information content (AvgIpc) is 4.13. The van der Waals surface area contributed by atoms with Crippen molar-refractivity contribution in [1.82, 2.24) is 49.2 Å². The second-order valence-electron chi connectivity index (χ2n) is 16.1. The van der Waals surface area contributed by atoms with Crippen LogP contribution in [0.5, 0.6) is 0 Å². The molecule has 314 valence electrons. The van der Waals surface area contributed by atoms with Gasteiger partial charge in [-0.15, -0.1) is 10.2 Å². The zero-order valence-electron chi connectivity index (χ0n) is 35.5. The maximum Gasteiger partial charge on any atom is 0.250 e. The number of rotatable bonds is 8. The lowest BCUT2D eigenvalue weighted by Gasteiger charge is -2.12. The second kappa shape index (κ2) is 15.6. The van der Waals surface area contributed by atoms with Crippen LogP contribution in [0.15, 0.2) is 211 Å². The van der Waals surface area contributed by atoms with E-state index in [2.05, 4.69) is 56.7 Å². The number of benzene rings is 8. The van der Waals surface area contributed by atoms with Crippen LogP contribution in [0.25, 0.3) is 124 Å². The monoisotopic (exact) mass is 862 g/mol. The summed E-state index contributed by atoms with van der Waals surface area (Å²) in [4.78, 5) is 30.4. The summed E-state index contributed by atoms with van der Waals surface area (Å²) in [7, 11) is 0. The fourth-order valence-electron chi connectivity index (χ4n) is 8.96. The Morgan fingerprint density at radius 1 is 0.299 bits per heavy atom. The lowest BCUT2D eigenvalue weighted by molar-refractivity contribution is 0.585. The van der Waals surface area contributed by atoms with Gasteiger partial charge < -0.3 is 4.42 Å². The van der Waals surface area contributed by atoms with Gasteiger partial charge in [0.15, 0.2) is 23.3 Å². The fourth-order valence-corrected chi connectivity index (χ4v) is 8.96. The number of fused-ring (bicyclic) bond motifs is 6. The van der Waals surface area contributed by atoms with Crippen molar-refractivity contribution in [1.29, 1.82) is 0 Å². The third-order valence-corrected chi connectivity index (χ3v) is 12.0. The van der Waals surface area contributed by atoms with Crippen LogP contribution < -0.4 is 0 Å². The first-order valence-corrected chi connectivity index (χ1v) is 21.9. The van der Waals surface area contributed by atoms with Gasteiger partial charge in [0.05, 0.1) is 27.6 Å². The first-order chi connectivity index (χ1) is 33.2. The molecule has 0 radical (unpaired) electrons. The van der Waals surface area contributed by atoms with Crippen LogP contribution in [0.4, 0.5) is 0 Å². The standard InChI is InChI=1S/C56H34N10O/c1-5-18-35(19-6-1)49-57-50(36-20-7-2-8-21-36)60-55(59-49)65-45-30-15-13-26-40(45)42-33-32-39(34-47(42)65)53-63-64-54(67-53)44-29-17-28-43-41-27-14-16-31-46(41)66(48(43)44)56-61-51(37-22-9-3-10-23-37)58-52(62-56)38-24-11-4-12-25-38/h1-34H. The van der Waals surface area contributed by atoms with Gasteiger partial charge in [-0.2, -0.15) is 19.9 Å². The average molecular weight is 863 g/mol. The Bertz CT molecular complexity index is 3860. The topological polar surface area (TPSA) is 126 Å². The van der Waals surface area contributed by atoms with E-state index in [-0.39, 0.29) is 0 Å². The molecule has 0 aliphatic heterocycles. The molecule has 0 saturated heterocycles. The Balaban J connectivity index is 0.984. The Labute approximate surface area is 382 Å². The van der Waals surface area contributed by atoms with Crippen molar-refractivity contribution < 1.29 is 4.42 Å². The summed E-state index contributed by atoms with van der Waals surface area (Å²) < 4.78 is 10.9. The molecule has 0 aliphatic carbocycles. The van der Waals surface area contributed by atoms with E-state index in [1.807, 2.05) is 164 Å². The van der Waals surface area contributed by atoms with Gasteiger partial charge in [-0.05, 0) is 30.3 Å².